The summed E-state index contributed by atoms with van der Waals surface area (Å²) in [4.78, 5) is 58.7. The molecule has 0 aliphatic rings. The van der Waals surface area contributed by atoms with Gasteiger partial charge in [0, 0.05) is 43.8 Å². The van der Waals surface area contributed by atoms with Gasteiger partial charge in [0.25, 0.3) is 11.6 Å². The van der Waals surface area contributed by atoms with Gasteiger partial charge in [-0.1, -0.05) is 26.0 Å². The van der Waals surface area contributed by atoms with Crippen molar-refractivity contribution in [3.8, 4) is 5.75 Å². The van der Waals surface area contributed by atoms with Crippen LogP contribution < -0.4 is 10.1 Å². The van der Waals surface area contributed by atoms with Crippen LogP contribution >= 0.6 is 0 Å². The standard InChI is InChI=1S/C26H36N4O5.C2H2O4/c1-5-15-29(16-6-2)26(32)24(27-25(31)21-9-11-22(12-10-21)30(33)34)19-20-7-13-23(14-8-20)35-18-17-28(3)4;3-1(4)2(5)6/h7-14,24H,5-6,15-19H2,1-4H3,(H,27,31);(H,3,4)(H,5,6). The molecule has 0 spiro atoms. The van der Waals surface area contributed by atoms with Gasteiger partial charge in [0.05, 0.1) is 4.92 Å². The first-order valence-corrected chi connectivity index (χ1v) is 13.1. The molecule has 0 radical (unpaired) electrons. The average molecular weight is 575 g/mol. The molecular weight excluding hydrogens is 536 g/mol. The van der Waals surface area contributed by atoms with Crippen LogP contribution in [0.3, 0.4) is 0 Å². The van der Waals surface area contributed by atoms with Gasteiger partial charge in [0.15, 0.2) is 0 Å². The highest BCUT2D eigenvalue weighted by Crippen LogP contribution is 2.16. The van der Waals surface area contributed by atoms with Crippen LogP contribution in [0.4, 0.5) is 5.69 Å². The molecule has 1 atom stereocenters. The van der Waals surface area contributed by atoms with Crippen LogP contribution in [0.5, 0.6) is 5.75 Å². The van der Waals surface area contributed by atoms with Gasteiger partial charge in [-0.25, -0.2) is 9.59 Å². The third kappa shape index (κ3) is 12.9. The van der Waals surface area contributed by atoms with Crippen molar-refractivity contribution < 1.29 is 39.1 Å². The molecular formula is C28H38N4O9. The molecule has 0 aliphatic carbocycles. The van der Waals surface area contributed by atoms with Gasteiger partial charge in [-0.2, -0.15) is 0 Å². The van der Waals surface area contributed by atoms with Crippen LogP contribution in [0.2, 0.25) is 0 Å². The minimum absolute atomic E-state index is 0.0980. The van der Waals surface area contributed by atoms with Gasteiger partial charge in [0.2, 0.25) is 5.91 Å². The predicted octanol–water partition coefficient (Wildman–Crippen LogP) is 2.68. The van der Waals surface area contributed by atoms with Gasteiger partial charge in [0.1, 0.15) is 18.4 Å². The number of carboxylic acids is 2. The van der Waals surface area contributed by atoms with E-state index >= 15 is 0 Å². The van der Waals surface area contributed by atoms with E-state index in [4.69, 9.17) is 24.5 Å². The zero-order chi connectivity index (χ0) is 30.9. The Morgan fingerprint density at radius 3 is 1.88 bits per heavy atom. The van der Waals surface area contributed by atoms with E-state index in [0.717, 1.165) is 30.7 Å². The number of ether oxygens (including phenoxy) is 1. The minimum atomic E-state index is -1.82. The van der Waals surface area contributed by atoms with E-state index < -0.39 is 28.8 Å². The molecule has 2 amide bonds. The number of aliphatic carboxylic acids is 2. The van der Waals surface area contributed by atoms with Crippen molar-refractivity contribution in [1.29, 1.82) is 0 Å². The summed E-state index contributed by atoms with van der Waals surface area (Å²) in [7, 11) is 3.96. The molecule has 224 valence electrons. The molecule has 0 aliphatic heterocycles. The fourth-order valence-corrected chi connectivity index (χ4v) is 3.57. The van der Waals surface area contributed by atoms with Crippen LogP contribution in [-0.4, -0.2) is 95.1 Å². The number of nitro groups is 1. The fraction of sp³-hybridized carbons (Fsp3) is 0.429. The highest BCUT2D eigenvalue weighted by molar-refractivity contribution is 6.27. The smallest absolute Gasteiger partial charge is 0.414 e. The maximum atomic E-state index is 13.4. The van der Waals surface area contributed by atoms with E-state index in [1.54, 1.807) is 4.90 Å². The maximum absolute atomic E-state index is 13.4. The lowest BCUT2D eigenvalue weighted by Gasteiger charge is -2.27. The van der Waals surface area contributed by atoms with Crippen molar-refractivity contribution in [3.05, 3.63) is 69.8 Å². The van der Waals surface area contributed by atoms with Gasteiger partial charge in [-0.05, 0) is 56.8 Å². The molecule has 13 heteroatoms. The van der Waals surface area contributed by atoms with Crippen LogP contribution in [0.1, 0.15) is 42.6 Å². The summed E-state index contributed by atoms with van der Waals surface area (Å²) in [6, 6.07) is 12.1. The number of likely N-dealkylation sites (N-methyl/N-ethyl adjacent to an activating group) is 1. The summed E-state index contributed by atoms with van der Waals surface area (Å²) >= 11 is 0. The van der Waals surface area contributed by atoms with Crippen molar-refractivity contribution in [2.75, 3.05) is 40.3 Å². The van der Waals surface area contributed by atoms with Crippen molar-refractivity contribution in [3.63, 3.8) is 0 Å². The summed E-state index contributed by atoms with van der Waals surface area (Å²) in [6.07, 6.45) is 1.95. The molecule has 3 N–H and O–H groups in total. The lowest BCUT2D eigenvalue weighted by Crippen LogP contribution is -2.50. The Hall–Kier alpha value is -4.52. The summed E-state index contributed by atoms with van der Waals surface area (Å²) in [5, 5.41) is 28.5. The van der Waals surface area contributed by atoms with E-state index in [-0.39, 0.29) is 17.2 Å². The Kier molecular flexibility index (Phi) is 15.1. The van der Waals surface area contributed by atoms with E-state index in [0.29, 0.717) is 26.1 Å². The molecule has 0 saturated carbocycles. The molecule has 2 aromatic rings. The number of carbonyl (C=O) groups is 4. The van der Waals surface area contributed by atoms with Gasteiger partial charge >= 0.3 is 11.9 Å². The number of nitrogens with zero attached hydrogens (tertiary/aromatic N) is 3. The van der Waals surface area contributed by atoms with Crippen molar-refractivity contribution in [1.82, 2.24) is 15.1 Å². The molecule has 0 aromatic heterocycles. The Labute approximate surface area is 238 Å². The fourth-order valence-electron chi connectivity index (χ4n) is 3.57. The van der Waals surface area contributed by atoms with Crippen LogP contribution in [-0.2, 0) is 20.8 Å². The summed E-state index contributed by atoms with van der Waals surface area (Å²) in [5.74, 6) is -3.50. The summed E-state index contributed by atoms with van der Waals surface area (Å²) in [6.45, 7) is 6.61. The van der Waals surface area contributed by atoms with E-state index in [2.05, 4.69) is 5.32 Å². The van der Waals surface area contributed by atoms with Gasteiger partial charge < -0.3 is 30.1 Å². The first kappa shape index (κ1) is 34.5. The number of hydrogen-bond acceptors (Lipinski definition) is 8. The Morgan fingerprint density at radius 2 is 1.44 bits per heavy atom. The second-order valence-corrected chi connectivity index (χ2v) is 9.27. The molecule has 13 nitrogen and oxygen atoms in total. The second kappa shape index (κ2) is 17.9. The summed E-state index contributed by atoms with van der Waals surface area (Å²) in [5.41, 5.74) is 1.05. The number of carboxylic acid groups (broad SMARTS) is 2. The highest BCUT2D eigenvalue weighted by atomic mass is 16.6. The summed E-state index contributed by atoms with van der Waals surface area (Å²) < 4.78 is 5.74. The maximum Gasteiger partial charge on any atom is 0.414 e. The molecule has 1 unspecified atom stereocenters. The lowest BCUT2D eigenvalue weighted by atomic mass is 10.0. The number of carbonyl (C=O) groups excluding carboxylic acids is 2. The molecule has 0 bridgehead atoms. The normalized spacial score (nSPS) is 11.0. The van der Waals surface area contributed by atoms with Crippen molar-refractivity contribution in [2.45, 2.75) is 39.2 Å². The third-order valence-corrected chi connectivity index (χ3v) is 5.60. The molecule has 2 aromatic carbocycles. The Bertz CT molecular complexity index is 1130. The minimum Gasteiger partial charge on any atom is -0.492 e. The third-order valence-electron chi connectivity index (χ3n) is 5.60. The largest absolute Gasteiger partial charge is 0.492 e. The number of amides is 2. The molecule has 0 heterocycles. The number of non-ortho nitro benzene ring substituents is 1. The quantitative estimate of drug-likeness (QED) is 0.172. The van der Waals surface area contributed by atoms with Crippen LogP contribution in [0.15, 0.2) is 48.5 Å². The van der Waals surface area contributed by atoms with Crippen molar-refractivity contribution >= 4 is 29.4 Å². The van der Waals surface area contributed by atoms with E-state index in [1.807, 2.05) is 57.1 Å². The van der Waals surface area contributed by atoms with Crippen molar-refractivity contribution in [2.24, 2.45) is 0 Å². The Morgan fingerprint density at radius 1 is 0.902 bits per heavy atom. The van der Waals surface area contributed by atoms with Crippen LogP contribution in [0, 0.1) is 10.1 Å². The van der Waals surface area contributed by atoms with Gasteiger partial charge in [-0.3, -0.25) is 19.7 Å². The first-order valence-electron chi connectivity index (χ1n) is 13.1. The topological polar surface area (TPSA) is 180 Å². The molecule has 2 rings (SSSR count). The second-order valence-electron chi connectivity index (χ2n) is 9.27. The first-order chi connectivity index (χ1) is 19.4. The molecule has 41 heavy (non-hydrogen) atoms. The number of nitrogens with one attached hydrogen (secondary N) is 1. The number of benzene rings is 2. The Balaban J connectivity index is 0.00000126. The number of rotatable bonds is 14. The zero-order valence-electron chi connectivity index (χ0n) is 23.7. The highest BCUT2D eigenvalue weighted by Gasteiger charge is 2.26. The average Bonchev–Trinajstić information content (AvgIpc) is 2.93. The zero-order valence-corrected chi connectivity index (χ0v) is 23.7. The number of nitro benzene ring substituents is 1. The predicted molar refractivity (Wildman–Crippen MR) is 151 cm³/mol. The van der Waals surface area contributed by atoms with E-state index in [9.17, 15) is 19.7 Å². The monoisotopic (exact) mass is 574 g/mol. The number of hydrogen-bond donors (Lipinski definition) is 3. The molecule has 0 saturated heterocycles. The van der Waals surface area contributed by atoms with Gasteiger partial charge in [-0.15, -0.1) is 0 Å². The molecule has 0 fully saturated rings. The van der Waals surface area contributed by atoms with Crippen LogP contribution in [0.25, 0.3) is 0 Å². The lowest BCUT2D eigenvalue weighted by molar-refractivity contribution is -0.384. The SMILES string of the molecule is CCCN(CCC)C(=O)C(Cc1ccc(OCCN(C)C)cc1)NC(=O)c1ccc([N+](=O)[O-])cc1.O=C(O)C(=O)O. The van der Waals surface area contributed by atoms with E-state index in [1.165, 1.54) is 24.3 Å².